The zero-order valence-electron chi connectivity index (χ0n) is 18.7. The van der Waals surface area contributed by atoms with Gasteiger partial charge >= 0.3 is 6.18 Å². The van der Waals surface area contributed by atoms with Crippen molar-refractivity contribution in [2.75, 3.05) is 10.3 Å². The molecule has 0 radical (unpaired) electrons. The van der Waals surface area contributed by atoms with E-state index in [4.69, 9.17) is 23.2 Å². The number of halogens is 7. The van der Waals surface area contributed by atoms with Crippen molar-refractivity contribution in [1.82, 2.24) is 10.7 Å². The molecule has 2 atom stereocenters. The van der Waals surface area contributed by atoms with Gasteiger partial charge in [0.2, 0.25) is 5.96 Å². The molecule has 2 unspecified atom stereocenters. The number of rotatable bonds is 4. The van der Waals surface area contributed by atoms with E-state index in [0.29, 0.717) is 0 Å². The molecule has 0 spiro atoms. The van der Waals surface area contributed by atoms with Gasteiger partial charge in [-0.25, -0.2) is 14.2 Å². The van der Waals surface area contributed by atoms with Crippen LogP contribution in [0.2, 0.25) is 10.0 Å². The van der Waals surface area contributed by atoms with Crippen LogP contribution in [0.5, 0.6) is 0 Å². The molecule has 1 amide bonds. The van der Waals surface area contributed by atoms with Gasteiger partial charge in [-0.15, -0.1) is 0 Å². The molecule has 37 heavy (non-hydrogen) atoms. The molecule has 1 heterocycles. The van der Waals surface area contributed by atoms with Crippen LogP contribution in [0.1, 0.15) is 16.8 Å². The van der Waals surface area contributed by atoms with Gasteiger partial charge in [0, 0.05) is 27.7 Å². The fourth-order valence-corrected chi connectivity index (χ4v) is 4.04. The highest BCUT2D eigenvalue weighted by Gasteiger charge is 2.48. The lowest BCUT2D eigenvalue weighted by Gasteiger charge is -2.28. The molecule has 3 aromatic rings. The number of guanidine groups is 1. The summed E-state index contributed by atoms with van der Waals surface area (Å²) in [5.74, 6) is -2.32. The van der Waals surface area contributed by atoms with Crippen LogP contribution >= 0.6 is 23.2 Å². The maximum Gasteiger partial charge on any atom is 0.405 e. The first-order valence-electron chi connectivity index (χ1n) is 10.7. The molecule has 194 valence electrons. The van der Waals surface area contributed by atoms with E-state index in [9.17, 15) is 26.7 Å². The Bertz CT molecular complexity index is 1300. The smallest absolute Gasteiger partial charge is 0.334 e. The number of carbonyl (C=O) groups excluding carboxylic acids is 1. The first-order valence-corrected chi connectivity index (χ1v) is 11.5. The van der Waals surface area contributed by atoms with E-state index in [-0.39, 0.29) is 32.9 Å². The van der Waals surface area contributed by atoms with Gasteiger partial charge in [0.1, 0.15) is 23.8 Å². The normalized spacial score (nSPS) is 18.1. The molecular formula is C24H18Cl2F5N5O. The Hall–Kier alpha value is -3.41. The van der Waals surface area contributed by atoms with Crippen molar-refractivity contribution < 1.29 is 26.7 Å². The minimum absolute atomic E-state index is 0.0376. The lowest BCUT2D eigenvalue weighted by molar-refractivity contribution is -0.152. The number of anilines is 2. The Kier molecular flexibility index (Phi) is 7.86. The van der Waals surface area contributed by atoms with Crippen molar-refractivity contribution >= 4 is 46.4 Å². The van der Waals surface area contributed by atoms with E-state index in [2.05, 4.69) is 21.1 Å². The van der Waals surface area contributed by atoms with E-state index in [0.717, 1.165) is 29.3 Å². The van der Waals surface area contributed by atoms with E-state index < -0.39 is 42.3 Å². The Morgan fingerprint density at radius 2 is 1.70 bits per heavy atom. The van der Waals surface area contributed by atoms with Gasteiger partial charge in [-0.1, -0.05) is 29.3 Å². The van der Waals surface area contributed by atoms with Crippen LogP contribution in [-0.2, 0) is 0 Å². The van der Waals surface area contributed by atoms with Crippen LogP contribution in [-0.4, -0.2) is 30.3 Å². The number of hydrazine groups is 1. The minimum Gasteiger partial charge on any atom is -0.334 e. The number of carbonyl (C=O) groups is 1. The molecular weight excluding hydrogens is 540 g/mol. The van der Waals surface area contributed by atoms with E-state index in [1.54, 1.807) is 6.07 Å². The molecule has 0 saturated carbocycles. The largest absolute Gasteiger partial charge is 0.405 e. The molecule has 3 N–H and O–H groups in total. The molecule has 6 nitrogen and oxygen atoms in total. The third kappa shape index (κ3) is 6.88. The second kappa shape index (κ2) is 10.9. The molecule has 0 aliphatic carbocycles. The Morgan fingerprint density at radius 1 is 0.973 bits per heavy atom. The van der Waals surface area contributed by atoms with Crippen LogP contribution in [0, 0.1) is 11.6 Å². The molecule has 1 saturated heterocycles. The van der Waals surface area contributed by atoms with Gasteiger partial charge in [0.25, 0.3) is 5.91 Å². The standard InChI is InChI=1S/C24H18Cl2F5N5O/c25-14-3-1-2-13(8-14)22(37)34-23(32-18-10-15(26)9-17(28)11-18)33-21-12-20(24(29,30)31)35-36(21)19-6-4-16(27)5-7-19/h1-11,20-21,35H,12H2,(H2,32,33,34,37). The van der Waals surface area contributed by atoms with Gasteiger partial charge < -0.3 is 10.6 Å². The number of hydrogen-bond donors (Lipinski definition) is 3. The summed E-state index contributed by atoms with van der Waals surface area (Å²) >= 11 is 11.9. The number of hydrogen-bond acceptors (Lipinski definition) is 3. The third-order valence-electron chi connectivity index (χ3n) is 5.28. The van der Waals surface area contributed by atoms with E-state index in [1.807, 2.05) is 0 Å². The summed E-state index contributed by atoms with van der Waals surface area (Å²) in [5, 5.41) is 6.94. The Morgan fingerprint density at radius 3 is 2.35 bits per heavy atom. The van der Waals surface area contributed by atoms with Crippen molar-refractivity contribution in [3.8, 4) is 0 Å². The van der Waals surface area contributed by atoms with Gasteiger partial charge in [-0.2, -0.15) is 18.2 Å². The molecule has 1 aliphatic rings. The van der Waals surface area contributed by atoms with Crippen molar-refractivity contribution in [2.45, 2.75) is 24.8 Å². The second-order valence-electron chi connectivity index (χ2n) is 8.02. The third-order valence-corrected chi connectivity index (χ3v) is 5.73. The molecule has 3 aromatic carbocycles. The number of alkyl halides is 3. The predicted octanol–water partition coefficient (Wildman–Crippen LogP) is 6.14. The van der Waals surface area contributed by atoms with Crippen molar-refractivity contribution in [3.63, 3.8) is 0 Å². The lowest BCUT2D eigenvalue weighted by Crippen LogP contribution is -2.51. The Balaban J connectivity index is 1.69. The quantitative estimate of drug-likeness (QED) is 0.204. The monoisotopic (exact) mass is 557 g/mol. The summed E-state index contributed by atoms with van der Waals surface area (Å²) in [6.45, 7) is 0. The fraction of sp³-hybridized carbons (Fsp3) is 0.167. The maximum absolute atomic E-state index is 13.9. The van der Waals surface area contributed by atoms with E-state index >= 15 is 0 Å². The summed E-state index contributed by atoms with van der Waals surface area (Å²) in [5.41, 5.74) is 2.77. The average Bonchev–Trinajstić information content (AvgIpc) is 3.23. The highest BCUT2D eigenvalue weighted by atomic mass is 35.5. The number of benzene rings is 3. The summed E-state index contributed by atoms with van der Waals surface area (Å²) in [7, 11) is 0. The summed E-state index contributed by atoms with van der Waals surface area (Å²) < 4.78 is 68.1. The maximum atomic E-state index is 13.9. The van der Waals surface area contributed by atoms with Gasteiger partial charge in [0.15, 0.2) is 0 Å². The van der Waals surface area contributed by atoms with Crippen molar-refractivity contribution in [1.29, 1.82) is 0 Å². The number of nitrogens with one attached hydrogen (secondary N) is 3. The van der Waals surface area contributed by atoms with Crippen LogP contribution in [0.4, 0.5) is 33.3 Å². The Labute approximate surface area is 218 Å². The zero-order chi connectivity index (χ0) is 26.7. The van der Waals surface area contributed by atoms with Gasteiger partial charge in [0.05, 0.1) is 5.69 Å². The molecule has 1 fully saturated rings. The first kappa shape index (κ1) is 26.6. The molecule has 4 rings (SSSR count). The van der Waals surface area contributed by atoms with Crippen molar-refractivity contribution in [3.05, 3.63) is 94.0 Å². The predicted molar refractivity (Wildman–Crippen MR) is 132 cm³/mol. The fourth-order valence-electron chi connectivity index (χ4n) is 3.63. The van der Waals surface area contributed by atoms with Crippen LogP contribution in [0.25, 0.3) is 0 Å². The SMILES string of the molecule is O=C(/N=C(/Nc1cc(F)cc(Cl)c1)NC1CC(C(F)(F)F)NN1c1ccc(F)cc1)c1cccc(Cl)c1. The molecule has 0 aromatic heterocycles. The molecule has 13 heteroatoms. The second-order valence-corrected chi connectivity index (χ2v) is 8.90. The summed E-state index contributed by atoms with van der Waals surface area (Å²) in [4.78, 5) is 16.8. The van der Waals surface area contributed by atoms with Crippen LogP contribution in [0.3, 0.4) is 0 Å². The number of amides is 1. The average molecular weight is 558 g/mol. The van der Waals surface area contributed by atoms with Crippen LogP contribution < -0.4 is 21.1 Å². The van der Waals surface area contributed by atoms with Crippen molar-refractivity contribution in [2.24, 2.45) is 4.99 Å². The summed E-state index contributed by atoms with van der Waals surface area (Å²) in [6, 6.07) is 12.2. The number of aliphatic imine (C=N–C) groups is 1. The van der Waals surface area contributed by atoms with Gasteiger partial charge in [-0.05, 0) is 60.7 Å². The minimum atomic E-state index is -4.61. The topological polar surface area (TPSA) is 68.8 Å². The zero-order valence-corrected chi connectivity index (χ0v) is 20.2. The first-order chi connectivity index (χ1) is 17.5. The number of nitrogens with zero attached hydrogens (tertiary/aromatic N) is 2. The highest BCUT2D eigenvalue weighted by molar-refractivity contribution is 6.31. The van der Waals surface area contributed by atoms with Gasteiger partial charge in [-0.3, -0.25) is 9.80 Å². The van der Waals surface area contributed by atoms with E-state index in [1.165, 1.54) is 36.4 Å². The highest BCUT2D eigenvalue weighted by Crippen LogP contribution is 2.31. The molecule has 1 aliphatic heterocycles. The lowest BCUT2D eigenvalue weighted by atomic mass is 10.2. The van der Waals surface area contributed by atoms with Crippen LogP contribution in [0.15, 0.2) is 71.7 Å². The molecule has 0 bridgehead atoms. The summed E-state index contributed by atoms with van der Waals surface area (Å²) in [6.07, 6.45) is -6.22.